The van der Waals surface area contributed by atoms with Crippen molar-refractivity contribution in [1.82, 2.24) is 15.1 Å². The van der Waals surface area contributed by atoms with Gasteiger partial charge in [-0.2, -0.15) is 13.2 Å². The second-order valence-electron chi connectivity index (χ2n) is 12.2. The van der Waals surface area contributed by atoms with Gasteiger partial charge in [-0.1, -0.05) is 48.7 Å². The summed E-state index contributed by atoms with van der Waals surface area (Å²) in [7, 11) is 0. The highest BCUT2D eigenvalue weighted by atomic mass is 35.5. The minimum atomic E-state index is -4.45. The van der Waals surface area contributed by atoms with Crippen LogP contribution in [0.5, 0.6) is 0 Å². The molecule has 3 aliphatic heterocycles. The molecule has 2 amide bonds. The first-order valence-electron chi connectivity index (χ1n) is 15.2. The van der Waals surface area contributed by atoms with Crippen molar-refractivity contribution >= 4 is 40.7 Å². The lowest BCUT2D eigenvalue weighted by Gasteiger charge is -2.43. The first-order chi connectivity index (χ1) is 20.5. The fraction of sp³-hybridized carbons (Fsp3) is 0.562. The first-order valence-corrected chi connectivity index (χ1v) is 15.9. The summed E-state index contributed by atoms with van der Waals surface area (Å²) in [4.78, 5) is 32.1. The number of halogens is 5. The Bertz CT molecular complexity index is 1330. The van der Waals surface area contributed by atoms with Crippen LogP contribution in [0.25, 0.3) is 0 Å². The molecule has 3 aliphatic rings. The molecule has 1 unspecified atom stereocenters. The third-order valence-corrected chi connectivity index (χ3v) is 10.4. The Kier molecular flexibility index (Phi) is 9.54. The maximum absolute atomic E-state index is 13.4. The van der Waals surface area contributed by atoms with Crippen molar-refractivity contribution in [2.24, 2.45) is 0 Å². The summed E-state index contributed by atoms with van der Waals surface area (Å²) in [6.45, 7) is 5.82. The van der Waals surface area contributed by atoms with Crippen LogP contribution in [0, 0.1) is 0 Å². The van der Waals surface area contributed by atoms with E-state index in [0.717, 1.165) is 62.9 Å². The van der Waals surface area contributed by atoms with Crippen molar-refractivity contribution in [2.75, 3.05) is 44.3 Å². The van der Waals surface area contributed by atoms with Crippen molar-refractivity contribution in [3.05, 3.63) is 63.6 Å². The van der Waals surface area contributed by atoms with Gasteiger partial charge in [0, 0.05) is 43.7 Å². The summed E-state index contributed by atoms with van der Waals surface area (Å²) in [6, 6.07) is 11.0. The SMILES string of the molecule is CCCCC(=O)N1CCC(CCCN2CCC3(CC2)C(=O)NCN3c2cccc(C(F)(F)F)c2)(c2ccc(Cl)c(Cl)c2)C1. The van der Waals surface area contributed by atoms with Crippen molar-refractivity contribution in [2.45, 2.75) is 75.4 Å². The van der Waals surface area contributed by atoms with E-state index in [4.69, 9.17) is 23.2 Å². The normalized spacial score (nSPS) is 22.4. The Balaban J connectivity index is 1.24. The molecular formula is C32H39Cl2F3N4O2. The molecule has 5 rings (SSSR count). The Morgan fingerprint density at radius 3 is 2.47 bits per heavy atom. The van der Waals surface area contributed by atoms with E-state index < -0.39 is 17.3 Å². The lowest BCUT2D eigenvalue weighted by molar-refractivity contribution is -0.137. The average molecular weight is 640 g/mol. The molecule has 2 aromatic rings. The Morgan fingerprint density at radius 1 is 1.00 bits per heavy atom. The third kappa shape index (κ3) is 6.64. The van der Waals surface area contributed by atoms with Gasteiger partial charge in [0.25, 0.3) is 0 Å². The van der Waals surface area contributed by atoms with Gasteiger partial charge in [0.05, 0.1) is 22.3 Å². The van der Waals surface area contributed by atoms with Crippen LogP contribution in [-0.4, -0.2) is 66.5 Å². The predicted octanol–water partition coefficient (Wildman–Crippen LogP) is 6.88. The standard InChI is InChI=1S/C32H39Cl2F3N4O2/c1-2-3-8-28(42)40-18-12-30(21-40,23-9-10-26(33)27(34)20-23)11-5-15-39-16-13-31(14-17-39)29(43)38-22-41(31)25-7-4-6-24(19-25)32(35,36)37/h4,6-7,9-10,19-20H,2-3,5,8,11-18,21-22H2,1H3,(H,38,43). The van der Waals surface area contributed by atoms with Crippen molar-refractivity contribution in [3.63, 3.8) is 0 Å². The molecule has 0 saturated carbocycles. The van der Waals surface area contributed by atoms with E-state index in [0.29, 0.717) is 54.6 Å². The Labute approximate surface area is 261 Å². The molecule has 6 nitrogen and oxygen atoms in total. The number of anilines is 1. The van der Waals surface area contributed by atoms with Crippen molar-refractivity contribution in [3.8, 4) is 0 Å². The first kappa shape index (κ1) is 31.9. The van der Waals surface area contributed by atoms with Crippen LogP contribution < -0.4 is 10.2 Å². The van der Waals surface area contributed by atoms with Gasteiger partial charge >= 0.3 is 6.18 Å². The smallest absolute Gasteiger partial charge is 0.342 e. The lowest BCUT2D eigenvalue weighted by Crippen LogP contribution is -2.56. The molecular weight excluding hydrogens is 600 g/mol. The van der Waals surface area contributed by atoms with Gasteiger partial charge in [0.1, 0.15) is 5.54 Å². The lowest BCUT2D eigenvalue weighted by atomic mass is 9.76. The summed E-state index contributed by atoms with van der Waals surface area (Å²) in [5, 5.41) is 3.89. The molecule has 1 N–H and O–H groups in total. The maximum Gasteiger partial charge on any atom is 0.416 e. The van der Waals surface area contributed by atoms with Gasteiger partial charge in [-0.3, -0.25) is 9.59 Å². The van der Waals surface area contributed by atoms with E-state index in [2.05, 4.69) is 17.1 Å². The van der Waals surface area contributed by atoms with Gasteiger partial charge in [0.2, 0.25) is 11.8 Å². The van der Waals surface area contributed by atoms with Crippen molar-refractivity contribution < 1.29 is 22.8 Å². The highest BCUT2D eigenvalue weighted by Gasteiger charge is 2.50. The number of unbranched alkanes of at least 4 members (excludes halogenated alkanes) is 1. The highest BCUT2D eigenvalue weighted by Crippen LogP contribution is 2.42. The molecule has 3 saturated heterocycles. The molecule has 0 bridgehead atoms. The van der Waals surface area contributed by atoms with E-state index >= 15 is 0 Å². The fourth-order valence-corrected chi connectivity index (χ4v) is 7.34. The van der Waals surface area contributed by atoms with Crippen LogP contribution in [0.1, 0.15) is 69.4 Å². The second kappa shape index (κ2) is 12.9. The number of rotatable bonds is 9. The number of piperidine rings is 1. The minimum Gasteiger partial charge on any atom is -0.342 e. The molecule has 1 atom stereocenters. The summed E-state index contributed by atoms with van der Waals surface area (Å²) < 4.78 is 40.2. The zero-order valence-electron chi connectivity index (χ0n) is 24.5. The van der Waals surface area contributed by atoms with Crippen molar-refractivity contribution in [1.29, 1.82) is 0 Å². The van der Waals surface area contributed by atoms with Crippen LogP contribution in [0.2, 0.25) is 10.0 Å². The van der Waals surface area contributed by atoms with Gasteiger partial charge in [0.15, 0.2) is 0 Å². The number of alkyl halides is 3. The van der Waals surface area contributed by atoms with Crippen LogP contribution >= 0.6 is 23.2 Å². The van der Waals surface area contributed by atoms with E-state index in [1.807, 2.05) is 28.0 Å². The number of amides is 2. The summed E-state index contributed by atoms with van der Waals surface area (Å²) >= 11 is 12.7. The molecule has 2 aromatic carbocycles. The van der Waals surface area contributed by atoms with Gasteiger partial charge in [-0.15, -0.1) is 0 Å². The average Bonchev–Trinajstić information content (AvgIpc) is 3.56. The van der Waals surface area contributed by atoms with E-state index in [9.17, 15) is 22.8 Å². The van der Waals surface area contributed by atoms with E-state index in [1.54, 1.807) is 6.07 Å². The molecule has 11 heteroatoms. The topological polar surface area (TPSA) is 55.9 Å². The molecule has 0 radical (unpaired) electrons. The number of carbonyl (C=O) groups excluding carboxylic acids is 2. The summed E-state index contributed by atoms with van der Waals surface area (Å²) in [6.07, 6.45) is 1.68. The maximum atomic E-state index is 13.4. The zero-order chi connectivity index (χ0) is 30.8. The minimum absolute atomic E-state index is 0.123. The van der Waals surface area contributed by atoms with Gasteiger partial charge in [-0.25, -0.2) is 0 Å². The number of nitrogens with one attached hydrogen (secondary N) is 1. The van der Waals surface area contributed by atoms with Crippen LogP contribution in [0.3, 0.4) is 0 Å². The number of nitrogens with zero attached hydrogens (tertiary/aromatic N) is 3. The van der Waals surface area contributed by atoms with Crippen LogP contribution in [0.4, 0.5) is 18.9 Å². The number of hydrogen-bond donors (Lipinski definition) is 1. The molecule has 43 heavy (non-hydrogen) atoms. The number of benzene rings is 2. The van der Waals surface area contributed by atoms with Gasteiger partial charge in [-0.05, 0) is 81.0 Å². The molecule has 1 spiro atoms. The molecule has 0 aliphatic carbocycles. The Morgan fingerprint density at radius 2 is 1.77 bits per heavy atom. The number of hydrogen-bond acceptors (Lipinski definition) is 4. The Hall–Kier alpha value is -2.49. The molecule has 3 heterocycles. The molecule has 234 valence electrons. The predicted molar refractivity (Wildman–Crippen MR) is 163 cm³/mol. The summed E-state index contributed by atoms with van der Waals surface area (Å²) in [5.74, 6) is 0.0761. The number of carbonyl (C=O) groups is 2. The largest absolute Gasteiger partial charge is 0.416 e. The molecule has 3 fully saturated rings. The van der Waals surface area contributed by atoms with Crippen LogP contribution in [0.15, 0.2) is 42.5 Å². The molecule has 0 aromatic heterocycles. The highest BCUT2D eigenvalue weighted by molar-refractivity contribution is 6.42. The second-order valence-corrected chi connectivity index (χ2v) is 13.0. The monoisotopic (exact) mass is 638 g/mol. The van der Waals surface area contributed by atoms with Crippen LogP contribution in [-0.2, 0) is 21.2 Å². The quantitative estimate of drug-likeness (QED) is 0.325. The third-order valence-electron chi connectivity index (χ3n) is 9.62. The number of likely N-dealkylation sites (tertiary alicyclic amines) is 2. The fourth-order valence-electron chi connectivity index (χ4n) is 7.04. The summed E-state index contributed by atoms with van der Waals surface area (Å²) in [5.41, 5.74) is -0.273. The zero-order valence-corrected chi connectivity index (χ0v) is 26.0. The van der Waals surface area contributed by atoms with E-state index in [1.165, 1.54) is 6.07 Å². The van der Waals surface area contributed by atoms with Gasteiger partial charge < -0.3 is 20.0 Å². The van der Waals surface area contributed by atoms with E-state index in [-0.39, 0.29) is 23.9 Å².